The fourth-order valence-electron chi connectivity index (χ4n) is 2.14. The fourth-order valence-corrected chi connectivity index (χ4v) is 2.93. The predicted molar refractivity (Wildman–Crippen MR) is 81.8 cm³/mol. The highest BCUT2D eigenvalue weighted by Crippen LogP contribution is 2.34. The lowest BCUT2D eigenvalue weighted by Gasteiger charge is -2.15. The second-order valence-corrected chi connectivity index (χ2v) is 5.90. The van der Waals surface area contributed by atoms with E-state index in [-0.39, 0.29) is 12.7 Å². The van der Waals surface area contributed by atoms with Gasteiger partial charge in [0.05, 0.1) is 6.54 Å². The monoisotopic (exact) mass is 304 g/mol. The molecule has 1 aliphatic heterocycles. The van der Waals surface area contributed by atoms with E-state index in [0.29, 0.717) is 23.7 Å². The molecule has 1 aliphatic rings. The molecular formula is C15H16N2O3S. The molecule has 0 atom stereocenters. The van der Waals surface area contributed by atoms with Gasteiger partial charge in [0.1, 0.15) is 0 Å². The summed E-state index contributed by atoms with van der Waals surface area (Å²) in [4.78, 5) is 15.3. The van der Waals surface area contributed by atoms with Crippen molar-refractivity contribution in [3.8, 4) is 11.5 Å². The van der Waals surface area contributed by atoms with Crippen LogP contribution in [0.15, 0.2) is 35.7 Å². The van der Waals surface area contributed by atoms with Gasteiger partial charge in [-0.3, -0.25) is 9.69 Å². The summed E-state index contributed by atoms with van der Waals surface area (Å²) in [6.45, 7) is 1.34. The minimum atomic E-state index is -0.0482. The zero-order valence-corrected chi connectivity index (χ0v) is 12.5. The Morgan fingerprint density at radius 3 is 3.00 bits per heavy atom. The van der Waals surface area contributed by atoms with Crippen LogP contribution in [-0.4, -0.2) is 31.2 Å². The largest absolute Gasteiger partial charge is 0.454 e. The maximum absolute atomic E-state index is 12.0. The summed E-state index contributed by atoms with van der Waals surface area (Å²) in [5.41, 5.74) is 0.716. The number of fused-ring (bicyclic) bond motifs is 1. The second-order valence-electron chi connectivity index (χ2n) is 4.87. The van der Waals surface area contributed by atoms with Gasteiger partial charge in [-0.15, -0.1) is 11.3 Å². The summed E-state index contributed by atoms with van der Waals surface area (Å²) in [7, 11) is 1.93. The van der Waals surface area contributed by atoms with Crippen LogP contribution in [0.25, 0.3) is 0 Å². The number of benzene rings is 1. The predicted octanol–water partition coefficient (Wildman–Crippen LogP) is 2.55. The van der Waals surface area contributed by atoms with E-state index in [9.17, 15) is 4.79 Å². The molecule has 0 bridgehead atoms. The number of likely N-dealkylation sites (N-methyl/N-ethyl adjacent to an activating group) is 1. The van der Waals surface area contributed by atoms with Crippen molar-refractivity contribution in [3.05, 3.63) is 40.6 Å². The van der Waals surface area contributed by atoms with Gasteiger partial charge in [-0.05, 0) is 30.6 Å². The molecule has 0 aliphatic carbocycles. The van der Waals surface area contributed by atoms with E-state index >= 15 is 0 Å². The third kappa shape index (κ3) is 3.53. The summed E-state index contributed by atoms with van der Waals surface area (Å²) in [5.74, 6) is 1.33. The summed E-state index contributed by atoms with van der Waals surface area (Å²) in [5, 5.41) is 4.91. The summed E-state index contributed by atoms with van der Waals surface area (Å²) in [6.07, 6.45) is 0. The third-order valence-electron chi connectivity index (χ3n) is 3.08. The quantitative estimate of drug-likeness (QED) is 0.922. The van der Waals surface area contributed by atoms with Crippen LogP contribution in [0.4, 0.5) is 5.69 Å². The maximum Gasteiger partial charge on any atom is 0.238 e. The molecule has 3 rings (SSSR count). The summed E-state index contributed by atoms with van der Waals surface area (Å²) < 4.78 is 10.5. The van der Waals surface area contributed by atoms with Crippen LogP contribution in [0.1, 0.15) is 4.88 Å². The Hall–Kier alpha value is -2.05. The van der Waals surface area contributed by atoms with Crippen molar-refractivity contribution in [3.63, 3.8) is 0 Å². The van der Waals surface area contributed by atoms with E-state index in [1.807, 2.05) is 29.5 Å². The summed E-state index contributed by atoms with van der Waals surface area (Å²) >= 11 is 1.69. The molecule has 5 nitrogen and oxygen atoms in total. The number of rotatable bonds is 5. The third-order valence-corrected chi connectivity index (χ3v) is 3.94. The molecule has 2 aromatic rings. The molecule has 0 saturated heterocycles. The highest BCUT2D eigenvalue weighted by Gasteiger charge is 2.14. The van der Waals surface area contributed by atoms with Gasteiger partial charge in [0.25, 0.3) is 0 Å². The molecule has 21 heavy (non-hydrogen) atoms. The topological polar surface area (TPSA) is 50.8 Å². The van der Waals surface area contributed by atoms with Crippen LogP contribution < -0.4 is 14.8 Å². The Balaban J connectivity index is 1.54. The number of carbonyl (C=O) groups excluding carboxylic acids is 1. The molecule has 6 heteroatoms. The molecule has 110 valence electrons. The first-order valence-electron chi connectivity index (χ1n) is 6.61. The van der Waals surface area contributed by atoms with E-state index in [0.717, 1.165) is 6.54 Å². The highest BCUT2D eigenvalue weighted by atomic mass is 32.1. The van der Waals surface area contributed by atoms with Crippen molar-refractivity contribution in [1.82, 2.24) is 4.90 Å². The zero-order valence-electron chi connectivity index (χ0n) is 11.7. The number of hydrogen-bond acceptors (Lipinski definition) is 5. The van der Waals surface area contributed by atoms with Gasteiger partial charge in [0.2, 0.25) is 12.7 Å². The lowest BCUT2D eigenvalue weighted by Crippen LogP contribution is -2.29. The van der Waals surface area contributed by atoms with Crippen molar-refractivity contribution >= 4 is 22.9 Å². The van der Waals surface area contributed by atoms with Crippen LogP contribution in [0, 0.1) is 0 Å². The van der Waals surface area contributed by atoms with Gasteiger partial charge in [0.15, 0.2) is 11.5 Å². The van der Waals surface area contributed by atoms with E-state index < -0.39 is 0 Å². The van der Waals surface area contributed by atoms with Crippen molar-refractivity contribution in [1.29, 1.82) is 0 Å². The molecule has 1 N–H and O–H groups in total. The molecule has 0 spiro atoms. The molecule has 1 aromatic carbocycles. The van der Waals surface area contributed by atoms with Gasteiger partial charge in [-0.25, -0.2) is 0 Å². The lowest BCUT2D eigenvalue weighted by atomic mass is 10.2. The molecule has 0 unspecified atom stereocenters. The summed E-state index contributed by atoms with van der Waals surface area (Å²) in [6, 6.07) is 9.47. The highest BCUT2D eigenvalue weighted by molar-refractivity contribution is 7.09. The first-order valence-corrected chi connectivity index (χ1v) is 7.49. The normalized spacial score (nSPS) is 12.7. The molecule has 1 aromatic heterocycles. The van der Waals surface area contributed by atoms with Gasteiger partial charge in [-0.1, -0.05) is 6.07 Å². The van der Waals surface area contributed by atoms with Gasteiger partial charge >= 0.3 is 0 Å². The Bertz CT molecular complexity index is 628. The fraction of sp³-hybridized carbons (Fsp3) is 0.267. The second kappa shape index (κ2) is 6.15. The smallest absolute Gasteiger partial charge is 0.238 e. The van der Waals surface area contributed by atoms with Crippen LogP contribution in [0.2, 0.25) is 0 Å². The molecule has 1 amide bonds. The van der Waals surface area contributed by atoms with E-state index in [1.165, 1.54) is 4.88 Å². The number of nitrogens with zero attached hydrogens (tertiary/aromatic N) is 1. The average Bonchev–Trinajstić information content (AvgIpc) is 3.08. The first kappa shape index (κ1) is 13.9. The molecule has 2 heterocycles. The van der Waals surface area contributed by atoms with E-state index in [1.54, 1.807) is 23.5 Å². The maximum atomic E-state index is 12.0. The number of anilines is 1. The molecule has 0 radical (unpaired) electrons. The van der Waals surface area contributed by atoms with Crippen LogP contribution in [0.3, 0.4) is 0 Å². The molecule has 0 saturated carbocycles. The Kier molecular flexibility index (Phi) is 4.08. The van der Waals surface area contributed by atoms with Gasteiger partial charge in [-0.2, -0.15) is 0 Å². The minimum absolute atomic E-state index is 0.0482. The van der Waals surface area contributed by atoms with Crippen molar-refractivity contribution in [2.24, 2.45) is 0 Å². The number of thiophene rings is 1. The van der Waals surface area contributed by atoms with Crippen LogP contribution in [-0.2, 0) is 11.3 Å². The number of hydrogen-bond donors (Lipinski definition) is 1. The van der Waals surface area contributed by atoms with Crippen LogP contribution in [0.5, 0.6) is 11.5 Å². The number of carbonyl (C=O) groups is 1. The Morgan fingerprint density at radius 1 is 1.33 bits per heavy atom. The lowest BCUT2D eigenvalue weighted by molar-refractivity contribution is -0.117. The standard InChI is InChI=1S/C15H16N2O3S/c1-17(8-12-3-2-6-21-12)9-15(18)16-11-4-5-13-14(7-11)20-10-19-13/h2-7H,8-10H2,1H3,(H,16,18). The van der Waals surface area contributed by atoms with Crippen LogP contribution >= 0.6 is 11.3 Å². The van der Waals surface area contributed by atoms with Gasteiger partial charge in [0, 0.05) is 23.2 Å². The Morgan fingerprint density at radius 2 is 2.19 bits per heavy atom. The van der Waals surface area contributed by atoms with E-state index in [4.69, 9.17) is 9.47 Å². The number of nitrogens with one attached hydrogen (secondary N) is 1. The zero-order chi connectivity index (χ0) is 14.7. The molecule has 0 fully saturated rings. The SMILES string of the molecule is CN(CC(=O)Nc1ccc2c(c1)OCO2)Cc1cccs1. The van der Waals surface area contributed by atoms with Crippen molar-refractivity contribution in [2.45, 2.75) is 6.54 Å². The first-order chi connectivity index (χ1) is 10.2. The average molecular weight is 304 g/mol. The molecular weight excluding hydrogens is 288 g/mol. The van der Waals surface area contributed by atoms with Crippen molar-refractivity contribution in [2.75, 3.05) is 25.7 Å². The Labute approximate surface area is 127 Å². The number of ether oxygens (including phenoxy) is 2. The van der Waals surface area contributed by atoms with Crippen molar-refractivity contribution < 1.29 is 14.3 Å². The minimum Gasteiger partial charge on any atom is -0.454 e. The number of amides is 1. The van der Waals surface area contributed by atoms with Gasteiger partial charge < -0.3 is 14.8 Å². The van der Waals surface area contributed by atoms with E-state index in [2.05, 4.69) is 11.4 Å².